The van der Waals surface area contributed by atoms with E-state index < -0.39 is 11.8 Å². The van der Waals surface area contributed by atoms with Crippen LogP contribution in [0.3, 0.4) is 0 Å². The Balaban J connectivity index is 1.25. The van der Waals surface area contributed by atoms with Crippen LogP contribution in [0.2, 0.25) is 0 Å². The standard InChI is InChI=1S/C30H42N4O4/c1-3-13-33(29(37)25-21-11-9-19(17-21)23(25)27(31)35)15-7-5-6-8-16-34(14-4-2)30(38)26-22-12-10-20(18-22)24(26)28(32)36/h3-4,9-12,19-26H,1-2,5-8,13-18H2,(H2,31,35)(H2,32,36). The van der Waals surface area contributed by atoms with Crippen molar-refractivity contribution in [3.05, 3.63) is 49.6 Å². The van der Waals surface area contributed by atoms with Crippen LogP contribution in [-0.4, -0.2) is 59.6 Å². The number of amides is 4. The molecule has 0 radical (unpaired) electrons. The average Bonchev–Trinajstić information content (AvgIpc) is 3.69. The van der Waals surface area contributed by atoms with Crippen molar-refractivity contribution in [3.8, 4) is 0 Å². The summed E-state index contributed by atoms with van der Waals surface area (Å²) >= 11 is 0. The largest absolute Gasteiger partial charge is 0.369 e. The Morgan fingerprint density at radius 3 is 1.29 bits per heavy atom. The van der Waals surface area contributed by atoms with Gasteiger partial charge in [0.25, 0.3) is 0 Å². The van der Waals surface area contributed by atoms with Gasteiger partial charge in [0.2, 0.25) is 23.6 Å². The lowest BCUT2D eigenvalue weighted by molar-refractivity contribution is -0.141. The number of allylic oxidation sites excluding steroid dienone is 4. The van der Waals surface area contributed by atoms with Gasteiger partial charge in [-0.25, -0.2) is 0 Å². The van der Waals surface area contributed by atoms with Crippen LogP contribution in [0, 0.1) is 47.3 Å². The maximum absolute atomic E-state index is 13.4. The smallest absolute Gasteiger partial charge is 0.227 e. The van der Waals surface area contributed by atoms with Gasteiger partial charge < -0.3 is 21.3 Å². The number of carbonyl (C=O) groups excluding carboxylic acids is 4. The number of hydrogen-bond acceptors (Lipinski definition) is 4. The molecule has 0 heterocycles. The molecule has 4 amide bonds. The second-order valence-electron chi connectivity index (χ2n) is 11.4. The van der Waals surface area contributed by atoms with E-state index in [0.717, 1.165) is 38.5 Å². The molecule has 8 nitrogen and oxygen atoms in total. The van der Waals surface area contributed by atoms with Crippen molar-refractivity contribution in [1.29, 1.82) is 0 Å². The first-order valence-corrected chi connectivity index (χ1v) is 14.0. The van der Waals surface area contributed by atoms with Crippen molar-refractivity contribution in [2.45, 2.75) is 38.5 Å². The van der Waals surface area contributed by atoms with Crippen molar-refractivity contribution in [2.24, 2.45) is 58.8 Å². The lowest BCUT2D eigenvalue weighted by Gasteiger charge is -2.31. The number of rotatable bonds is 15. The first kappa shape index (κ1) is 27.9. The first-order chi connectivity index (χ1) is 18.3. The minimum atomic E-state index is -0.419. The number of primary amides is 2. The molecule has 4 aliphatic rings. The maximum atomic E-state index is 13.4. The highest BCUT2D eigenvalue weighted by molar-refractivity contribution is 5.90. The zero-order valence-electron chi connectivity index (χ0n) is 22.3. The quantitative estimate of drug-likeness (QED) is 0.253. The number of carbonyl (C=O) groups is 4. The molecular weight excluding hydrogens is 480 g/mol. The van der Waals surface area contributed by atoms with Gasteiger partial charge in [0.05, 0.1) is 23.7 Å². The van der Waals surface area contributed by atoms with E-state index in [9.17, 15) is 19.2 Å². The predicted molar refractivity (Wildman–Crippen MR) is 146 cm³/mol. The van der Waals surface area contributed by atoms with Gasteiger partial charge in [0.15, 0.2) is 0 Å². The minimum Gasteiger partial charge on any atom is -0.369 e. The zero-order valence-corrected chi connectivity index (χ0v) is 22.3. The fourth-order valence-corrected chi connectivity index (χ4v) is 7.37. The molecule has 4 bridgehead atoms. The van der Waals surface area contributed by atoms with Crippen LogP contribution >= 0.6 is 0 Å². The molecule has 4 N–H and O–H groups in total. The van der Waals surface area contributed by atoms with Gasteiger partial charge in [-0.05, 0) is 49.4 Å². The van der Waals surface area contributed by atoms with Crippen LogP contribution in [-0.2, 0) is 19.2 Å². The lowest BCUT2D eigenvalue weighted by atomic mass is 9.81. The molecule has 0 aliphatic heterocycles. The highest BCUT2D eigenvalue weighted by atomic mass is 16.2. The fraction of sp³-hybridized carbons (Fsp3) is 0.600. The van der Waals surface area contributed by atoms with Gasteiger partial charge in [0.1, 0.15) is 0 Å². The Kier molecular flexibility index (Phi) is 8.90. The van der Waals surface area contributed by atoms with Crippen molar-refractivity contribution >= 4 is 23.6 Å². The second kappa shape index (κ2) is 12.1. The van der Waals surface area contributed by atoms with E-state index in [2.05, 4.69) is 25.3 Å². The summed E-state index contributed by atoms with van der Waals surface area (Å²) in [6, 6.07) is 0. The number of nitrogens with zero attached hydrogens (tertiary/aromatic N) is 2. The molecule has 38 heavy (non-hydrogen) atoms. The molecule has 8 unspecified atom stereocenters. The summed E-state index contributed by atoms with van der Waals surface area (Å²) in [5.74, 6) is -2.03. The van der Waals surface area contributed by atoms with E-state index in [1.54, 1.807) is 12.2 Å². The average molecular weight is 523 g/mol. The molecule has 0 aromatic heterocycles. The maximum Gasteiger partial charge on any atom is 0.227 e. The molecule has 4 rings (SSSR count). The number of hydrogen-bond donors (Lipinski definition) is 2. The normalized spacial score (nSPS) is 31.9. The van der Waals surface area contributed by atoms with Gasteiger partial charge in [-0.15, -0.1) is 13.2 Å². The Bertz CT molecular complexity index is 940. The highest BCUT2D eigenvalue weighted by Crippen LogP contribution is 2.49. The van der Waals surface area contributed by atoms with Crippen LogP contribution in [0.15, 0.2) is 49.6 Å². The lowest BCUT2D eigenvalue weighted by Crippen LogP contribution is -2.45. The molecule has 8 atom stereocenters. The van der Waals surface area contributed by atoms with E-state index in [1.165, 1.54) is 0 Å². The van der Waals surface area contributed by atoms with Gasteiger partial charge in [-0.3, -0.25) is 19.2 Å². The summed E-state index contributed by atoms with van der Waals surface area (Å²) < 4.78 is 0. The topological polar surface area (TPSA) is 127 Å². The van der Waals surface area contributed by atoms with Crippen LogP contribution in [0.1, 0.15) is 38.5 Å². The highest BCUT2D eigenvalue weighted by Gasteiger charge is 2.52. The van der Waals surface area contributed by atoms with Gasteiger partial charge >= 0.3 is 0 Å². The third-order valence-corrected chi connectivity index (χ3v) is 9.07. The molecule has 8 heteroatoms. The predicted octanol–water partition coefficient (Wildman–Crippen LogP) is 2.42. The van der Waals surface area contributed by atoms with Crippen LogP contribution in [0.25, 0.3) is 0 Å². The van der Waals surface area contributed by atoms with Crippen molar-refractivity contribution in [2.75, 3.05) is 26.2 Å². The molecule has 4 aliphatic carbocycles. The minimum absolute atomic E-state index is 0.00257. The monoisotopic (exact) mass is 522 g/mol. The SMILES string of the molecule is C=CCN(CCCCCCN(CC=C)C(=O)C1C2C=CC(C2)C1C(N)=O)C(=O)C1C2C=CC(C2)C1C(N)=O. The van der Waals surface area contributed by atoms with Gasteiger partial charge in [-0.1, -0.05) is 49.3 Å². The van der Waals surface area contributed by atoms with Crippen molar-refractivity contribution in [1.82, 2.24) is 9.80 Å². The van der Waals surface area contributed by atoms with E-state index in [4.69, 9.17) is 11.5 Å². The third-order valence-electron chi connectivity index (χ3n) is 9.07. The number of nitrogens with two attached hydrogens (primary N) is 2. The molecule has 0 aromatic carbocycles. The van der Waals surface area contributed by atoms with Crippen molar-refractivity contribution < 1.29 is 19.2 Å². The Labute approximate surface area is 225 Å². The Morgan fingerprint density at radius 2 is 0.974 bits per heavy atom. The van der Waals surface area contributed by atoms with Crippen LogP contribution < -0.4 is 11.5 Å². The summed E-state index contributed by atoms with van der Waals surface area (Å²) in [5.41, 5.74) is 11.3. The number of fused-ring (bicyclic) bond motifs is 4. The molecule has 0 spiro atoms. The summed E-state index contributed by atoms with van der Waals surface area (Å²) in [6.07, 6.45) is 16.8. The van der Waals surface area contributed by atoms with E-state index in [-0.39, 0.29) is 59.1 Å². The summed E-state index contributed by atoms with van der Waals surface area (Å²) in [5, 5.41) is 0. The van der Waals surface area contributed by atoms with Crippen LogP contribution in [0.4, 0.5) is 0 Å². The third kappa shape index (κ3) is 5.49. The molecule has 2 saturated carbocycles. The fourth-order valence-electron chi connectivity index (χ4n) is 7.37. The second-order valence-corrected chi connectivity index (χ2v) is 11.4. The first-order valence-electron chi connectivity index (χ1n) is 14.0. The summed E-state index contributed by atoms with van der Waals surface area (Å²) in [7, 11) is 0. The van der Waals surface area contributed by atoms with Crippen LogP contribution in [0.5, 0.6) is 0 Å². The van der Waals surface area contributed by atoms with Gasteiger partial charge in [0, 0.05) is 26.2 Å². The molecular formula is C30H42N4O4. The van der Waals surface area contributed by atoms with E-state index in [1.807, 2.05) is 22.0 Å². The van der Waals surface area contributed by atoms with Gasteiger partial charge in [-0.2, -0.15) is 0 Å². The Morgan fingerprint density at radius 1 is 0.632 bits per heavy atom. The molecule has 206 valence electrons. The van der Waals surface area contributed by atoms with E-state index >= 15 is 0 Å². The summed E-state index contributed by atoms with van der Waals surface area (Å²) in [6.45, 7) is 9.71. The number of unbranched alkanes of at least 4 members (excludes halogenated alkanes) is 3. The van der Waals surface area contributed by atoms with Crippen molar-refractivity contribution in [3.63, 3.8) is 0 Å². The Hall–Kier alpha value is -3.16. The molecule has 0 aromatic rings. The summed E-state index contributed by atoms with van der Waals surface area (Å²) in [4.78, 5) is 54.6. The molecule has 0 saturated heterocycles. The van der Waals surface area contributed by atoms with E-state index in [0.29, 0.717) is 26.2 Å². The zero-order chi connectivity index (χ0) is 27.4. The molecule has 2 fully saturated rings.